The van der Waals surface area contributed by atoms with Crippen molar-refractivity contribution >= 4 is 28.1 Å². The maximum Gasteiger partial charge on any atom is 0.281 e. The molecule has 0 spiro atoms. The van der Waals surface area contributed by atoms with Crippen LogP contribution in [0.15, 0.2) is 21.6 Å². The van der Waals surface area contributed by atoms with Gasteiger partial charge in [0.2, 0.25) is 0 Å². The molecular formula is C9H6BrNO2. The molecule has 0 atom stereocenters. The molecule has 1 amide bonds. The summed E-state index contributed by atoms with van der Waals surface area (Å²) >= 11 is 3.32. The first-order valence-corrected chi connectivity index (χ1v) is 4.47. The van der Waals surface area contributed by atoms with Gasteiger partial charge in [-0.1, -0.05) is 15.9 Å². The van der Waals surface area contributed by atoms with Crippen molar-refractivity contribution in [3.05, 3.63) is 27.7 Å². The molecule has 0 fully saturated rings. The number of carbonyl (C=O) groups excluding carboxylic acids is 1. The molecule has 1 aromatic rings. The lowest BCUT2D eigenvalue weighted by molar-refractivity contribution is 0.100. The van der Waals surface area contributed by atoms with E-state index in [0.717, 1.165) is 10.0 Å². The highest BCUT2D eigenvalue weighted by Crippen LogP contribution is 2.29. The van der Waals surface area contributed by atoms with E-state index in [0.29, 0.717) is 11.3 Å². The molecule has 0 saturated carbocycles. The molecule has 66 valence electrons. The van der Waals surface area contributed by atoms with E-state index in [1.54, 1.807) is 12.3 Å². The third-order valence-electron chi connectivity index (χ3n) is 1.85. The number of methoxy groups -OCH3 is 1. The molecular weight excluding hydrogens is 234 g/mol. The van der Waals surface area contributed by atoms with Gasteiger partial charge in [0.25, 0.3) is 5.91 Å². The highest BCUT2D eigenvalue weighted by molar-refractivity contribution is 9.10. The van der Waals surface area contributed by atoms with Crippen molar-refractivity contribution in [3.63, 3.8) is 0 Å². The van der Waals surface area contributed by atoms with E-state index in [2.05, 4.69) is 20.9 Å². The van der Waals surface area contributed by atoms with Crippen molar-refractivity contribution in [3.8, 4) is 5.75 Å². The zero-order valence-electron chi connectivity index (χ0n) is 6.87. The highest BCUT2D eigenvalue weighted by atomic mass is 79.9. The maximum absolute atomic E-state index is 11.3. The van der Waals surface area contributed by atoms with Crippen LogP contribution >= 0.6 is 15.9 Å². The summed E-state index contributed by atoms with van der Waals surface area (Å²) in [5.74, 6) is 0.325. The largest absolute Gasteiger partial charge is 0.496 e. The average Bonchev–Trinajstić information content (AvgIpc) is 2.46. The van der Waals surface area contributed by atoms with Gasteiger partial charge in [-0.15, -0.1) is 0 Å². The Morgan fingerprint density at radius 2 is 2.23 bits per heavy atom. The minimum atomic E-state index is -0.237. The van der Waals surface area contributed by atoms with Crippen LogP contribution in [0.2, 0.25) is 0 Å². The zero-order chi connectivity index (χ0) is 9.42. The molecule has 0 radical (unpaired) electrons. The fraction of sp³-hybridized carbons (Fsp3) is 0.111. The monoisotopic (exact) mass is 239 g/mol. The molecule has 0 saturated heterocycles. The predicted octanol–water partition coefficient (Wildman–Crippen LogP) is 2.03. The SMILES string of the molecule is COc1cc(Br)cc2c1C(=O)N=C2. The molecule has 0 unspecified atom stereocenters. The number of benzene rings is 1. The van der Waals surface area contributed by atoms with Crippen molar-refractivity contribution < 1.29 is 9.53 Å². The van der Waals surface area contributed by atoms with Crippen LogP contribution in [0.3, 0.4) is 0 Å². The summed E-state index contributed by atoms with van der Waals surface area (Å²) in [6, 6.07) is 3.59. The third kappa shape index (κ3) is 1.27. The van der Waals surface area contributed by atoms with Crippen LogP contribution in [-0.4, -0.2) is 19.2 Å². The Morgan fingerprint density at radius 3 is 2.92 bits per heavy atom. The first-order valence-electron chi connectivity index (χ1n) is 3.68. The van der Waals surface area contributed by atoms with Crippen LogP contribution in [-0.2, 0) is 0 Å². The molecule has 1 aliphatic heterocycles. The Balaban J connectivity index is 2.69. The van der Waals surface area contributed by atoms with Gasteiger partial charge < -0.3 is 4.74 Å². The molecule has 0 aliphatic carbocycles. The molecule has 2 rings (SSSR count). The number of amides is 1. The van der Waals surface area contributed by atoms with Crippen molar-refractivity contribution in [2.75, 3.05) is 7.11 Å². The number of halogens is 1. The summed E-state index contributed by atoms with van der Waals surface area (Å²) < 4.78 is 5.96. The lowest BCUT2D eigenvalue weighted by Crippen LogP contribution is -1.97. The minimum Gasteiger partial charge on any atom is -0.496 e. The summed E-state index contributed by atoms with van der Waals surface area (Å²) in [7, 11) is 1.54. The fourth-order valence-electron chi connectivity index (χ4n) is 1.29. The quantitative estimate of drug-likeness (QED) is 0.753. The fourth-order valence-corrected chi connectivity index (χ4v) is 1.74. The predicted molar refractivity (Wildman–Crippen MR) is 52.6 cm³/mol. The van der Waals surface area contributed by atoms with Crippen LogP contribution in [0.5, 0.6) is 5.75 Å². The smallest absolute Gasteiger partial charge is 0.281 e. The van der Waals surface area contributed by atoms with Gasteiger partial charge in [-0.05, 0) is 12.1 Å². The van der Waals surface area contributed by atoms with Crippen LogP contribution in [0, 0.1) is 0 Å². The summed E-state index contributed by atoms with van der Waals surface area (Å²) in [6.45, 7) is 0. The standard InChI is InChI=1S/C9H6BrNO2/c1-13-7-3-6(10)2-5-4-11-9(12)8(5)7/h2-4H,1H3. The number of aliphatic imine (C=N–C) groups is 1. The Kier molecular flexibility index (Phi) is 1.92. The molecule has 4 heteroatoms. The van der Waals surface area contributed by atoms with E-state index in [1.165, 1.54) is 7.11 Å². The van der Waals surface area contributed by atoms with Crippen molar-refractivity contribution in [2.24, 2.45) is 4.99 Å². The number of rotatable bonds is 1. The van der Waals surface area contributed by atoms with Gasteiger partial charge in [0.1, 0.15) is 5.75 Å². The van der Waals surface area contributed by atoms with Crippen LogP contribution in [0.25, 0.3) is 0 Å². The van der Waals surface area contributed by atoms with Gasteiger partial charge in [0.05, 0.1) is 12.7 Å². The second kappa shape index (κ2) is 2.96. The van der Waals surface area contributed by atoms with E-state index < -0.39 is 0 Å². The van der Waals surface area contributed by atoms with Crippen molar-refractivity contribution in [1.29, 1.82) is 0 Å². The summed E-state index contributed by atoms with van der Waals surface area (Å²) in [5, 5.41) is 0. The average molecular weight is 240 g/mol. The first kappa shape index (κ1) is 8.44. The Labute approximate surface area is 83.6 Å². The molecule has 1 heterocycles. The zero-order valence-corrected chi connectivity index (χ0v) is 8.46. The lowest BCUT2D eigenvalue weighted by atomic mass is 10.1. The topological polar surface area (TPSA) is 38.7 Å². The van der Waals surface area contributed by atoms with Gasteiger partial charge in [0, 0.05) is 16.3 Å². The maximum atomic E-state index is 11.3. The minimum absolute atomic E-state index is 0.237. The lowest BCUT2D eigenvalue weighted by Gasteiger charge is -2.05. The Hall–Kier alpha value is -1.16. The molecule has 0 bridgehead atoms. The van der Waals surface area contributed by atoms with Gasteiger partial charge in [-0.25, -0.2) is 4.99 Å². The molecule has 0 N–H and O–H groups in total. The molecule has 3 nitrogen and oxygen atoms in total. The summed E-state index contributed by atoms with van der Waals surface area (Å²) in [4.78, 5) is 15.0. The molecule has 0 aromatic heterocycles. The van der Waals surface area contributed by atoms with Crippen LogP contribution in [0.4, 0.5) is 0 Å². The molecule has 1 aromatic carbocycles. The summed E-state index contributed by atoms with van der Waals surface area (Å²) in [6.07, 6.45) is 1.55. The summed E-state index contributed by atoms with van der Waals surface area (Å²) in [5.41, 5.74) is 1.35. The van der Waals surface area contributed by atoms with Gasteiger partial charge >= 0.3 is 0 Å². The highest BCUT2D eigenvalue weighted by Gasteiger charge is 2.20. The van der Waals surface area contributed by atoms with Crippen molar-refractivity contribution in [2.45, 2.75) is 0 Å². The van der Waals surface area contributed by atoms with Gasteiger partial charge in [-0.2, -0.15) is 0 Å². The van der Waals surface area contributed by atoms with E-state index >= 15 is 0 Å². The van der Waals surface area contributed by atoms with E-state index in [9.17, 15) is 4.79 Å². The Bertz CT molecular complexity index is 412. The Morgan fingerprint density at radius 1 is 1.46 bits per heavy atom. The first-order chi connectivity index (χ1) is 6.22. The van der Waals surface area contributed by atoms with Crippen molar-refractivity contribution in [1.82, 2.24) is 0 Å². The second-order valence-corrected chi connectivity index (χ2v) is 3.55. The normalized spacial score (nSPS) is 13.2. The second-order valence-electron chi connectivity index (χ2n) is 2.64. The van der Waals surface area contributed by atoms with E-state index in [1.807, 2.05) is 6.07 Å². The number of hydrogen-bond donors (Lipinski definition) is 0. The molecule has 13 heavy (non-hydrogen) atoms. The van der Waals surface area contributed by atoms with Crippen LogP contribution < -0.4 is 4.74 Å². The molecule has 1 aliphatic rings. The van der Waals surface area contributed by atoms with Gasteiger partial charge in [-0.3, -0.25) is 4.79 Å². The van der Waals surface area contributed by atoms with Gasteiger partial charge in [0.15, 0.2) is 0 Å². The number of hydrogen-bond acceptors (Lipinski definition) is 2. The number of carbonyl (C=O) groups is 1. The van der Waals surface area contributed by atoms with E-state index in [4.69, 9.17) is 4.74 Å². The third-order valence-corrected chi connectivity index (χ3v) is 2.31. The number of nitrogens with zero attached hydrogens (tertiary/aromatic N) is 1. The van der Waals surface area contributed by atoms with E-state index in [-0.39, 0.29) is 5.91 Å². The number of fused-ring (bicyclic) bond motifs is 1. The number of ether oxygens (including phenoxy) is 1. The van der Waals surface area contributed by atoms with Crippen LogP contribution in [0.1, 0.15) is 15.9 Å².